The Kier molecular flexibility index (Phi) is 6.31. The Labute approximate surface area is 203 Å². The van der Waals surface area contributed by atoms with Crippen LogP contribution in [0.1, 0.15) is 16.2 Å². The maximum absolute atomic E-state index is 13.1. The quantitative estimate of drug-likeness (QED) is 0.281. The number of fused-ring (bicyclic) bond motifs is 1. The lowest BCUT2D eigenvalue weighted by Crippen LogP contribution is -2.12. The maximum atomic E-state index is 13.1. The molecule has 0 radical (unpaired) electrons. The molecule has 0 spiro atoms. The number of carbonyl (C=O) groups is 1. The Morgan fingerprint density at radius 2 is 2.00 bits per heavy atom. The molecule has 1 aromatic carbocycles. The molecule has 0 unspecified atom stereocenters. The summed E-state index contributed by atoms with van der Waals surface area (Å²) < 4.78 is 63.5. The van der Waals surface area contributed by atoms with Gasteiger partial charge in [-0.3, -0.25) is 9.48 Å². The lowest BCUT2D eigenvalue weighted by molar-refractivity contribution is -0.0526. The lowest BCUT2D eigenvalue weighted by atomic mass is 10.1. The third kappa shape index (κ3) is 5.14. The van der Waals surface area contributed by atoms with Gasteiger partial charge in [0.05, 0.1) is 17.4 Å². The number of alkyl halides is 4. The fraction of sp³-hybridized carbons (Fsp3) is 0.150. The Bertz CT molecular complexity index is 1540. The number of carbonyl (C=O) groups excluding carboxylic acids is 1. The number of tetrazole rings is 1. The average molecular weight is 518 g/mol. The SMILES string of the molecule is O=C(Nc1cn(Cc2nn[nH]n2)nc1-c1cc(OC(F)F)ccc1OC(F)F)c1cnn2cccnc12. The molecular weight excluding hydrogens is 504 g/mol. The monoisotopic (exact) mass is 518 g/mol. The van der Waals surface area contributed by atoms with Crippen molar-refractivity contribution in [2.75, 3.05) is 5.32 Å². The molecule has 5 aromatic rings. The molecule has 4 heterocycles. The summed E-state index contributed by atoms with van der Waals surface area (Å²) in [5.74, 6) is -1.17. The second-order valence-electron chi connectivity index (χ2n) is 7.23. The number of halogens is 4. The van der Waals surface area contributed by atoms with Gasteiger partial charge in [-0.1, -0.05) is 5.21 Å². The van der Waals surface area contributed by atoms with E-state index in [-0.39, 0.29) is 46.3 Å². The van der Waals surface area contributed by atoms with Gasteiger partial charge in [-0.05, 0) is 24.3 Å². The molecule has 5 rings (SSSR count). The number of ether oxygens (including phenoxy) is 2. The molecule has 0 saturated carbocycles. The van der Waals surface area contributed by atoms with E-state index >= 15 is 0 Å². The second-order valence-corrected chi connectivity index (χ2v) is 7.23. The number of nitrogens with one attached hydrogen (secondary N) is 2. The summed E-state index contributed by atoms with van der Waals surface area (Å²) in [6.07, 6.45) is 5.74. The van der Waals surface area contributed by atoms with Crippen molar-refractivity contribution in [2.24, 2.45) is 0 Å². The molecule has 17 heteroatoms. The van der Waals surface area contributed by atoms with Crippen LogP contribution >= 0.6 is 0 Å². The summed E-state index contributed by atoms with van der Waals surface area (Å²) in [5.41, 5.74) is 0.151. The minimum absolute atomic E-state index is 0.0251. The van der Waals surface area contributed by atoms with Crippen LogP contribution in [0.25, 0.3) is 16.9 Å². The van der Waals surface area contributed by atoms with Crippen molar-refractivity contribution in [1.82, 2.24) is 45.0 Å². The summed E-state index contributed by atoms with van der Waals surface area (Å²) in [7, 11) is 0. The molecule has 0 bridgehead atoms. The fourth-order valence-corrected chi connectivity index (χ4v) is 3.43. The summed E-state index contributed by atoms with van der Waals surface area (Å²) in [6, 6.07) is 4.73. The number of hydrogen-bond acceptors (Lipinski definition) is 9. The molecule has 2 N–H and O–H groups in total. The van der Waals surface area contributed by atoms with Crippen molar-refractivity contribution >= 4 is 17.2 Å². The largest absolute Gasteiger partial charge is 0.435 e. The van der Waals surface area contributed by atoms with Crippen LogP contribution in [0.15, 0.2) is 49.1 Å². The van der Waals surface area contributed by atoms with Gasteiger partial charge in [-0.25, -0.2) is 9.50 Å². The number of nitrogens with zero attached hydrogens (tertiary/aromatic N) is 8. The van der Waals surface area contributed by atoms with Crippen LogP contribution in [0.5, 0.6) is 11.5 Å². The van der Waals surface area contributed by atoms with Gasteiger partial charge in [0.2, 0.25) is 0 Å². The number of H-pyrrole nitrogens is 1. The third-order valence-corrected chi connectivity index (χ3v) is 4.87. The molecular formula is C20H14F4N10O3. The van der Waals surface area contributed by atoms with Crippen LogP contribution in [0.2, 0.25) is 0 Å². The van der Waals surface area contributed by atoms with Gasteiger partial charge < -0.3 is 14.8 Å². The zero-order chi connectivity index (χ0) is 25.9. The van der Waals surface area contributed by atoms with Crippen LogP contribution in [-0.2, 0) is 6.54 Å². The van der Waals surface area contributed by atoms with E-state index in [2.05, 4.69) is 50.6 Å². The molecule has 4 aromatic heterocycles. The van der Waals surface area contributed by atoms with Crippen molar-refractivity contribution in [1.29, 1.82) is 0 Å². The Hall–Kier alpha value is -5.09. The van der Waals surface area contributed by atoms with E-state index in [1.807, 2.05) is 0 Å². The number of rotatable bonds is 9. The first kappa shape index (κ1) is 23.6. The number of aromatic amines is 1. The van der Waals surface area contributed by atoms with Crippen LogP contribution < -0.4 is 14.8 Å². The van der Waals surface area contributed by atoms with E-state index in [1.54, 1.807) is 12.3 Å². The standard InChI is InChI=1S/C20H14F4N10O3/c21-19(22)36-10-2-3-14(37-20(23)24)11(6-10)16-13(8-33(30-16)9-15-28-31-32-29-15)27-18(35)12-7-26-34-5-1-4-25-17(12)34/h1-8,19-20H,9H2,(H,27,35)(H,28,29,31,32). The van der Waals surface area contributed by atoms with Gasteiger partial charge in [0.1, 0.15) is 29.3 Å². The van der Waals surface area contributed by atoms with E-state index in [9.17, 15) is 22.4 Å². The average Bonchev–Trinajstić information content (AvgIpc) is 3.60. The lowest BCUT2D eigenvalue weighted by Gasteiger charge is -2.13. The van der Waals surface area contributed by atoms with E-state index < -0.39 is 24.9 Å². The topological polar surface area (TPSA) is 150 Å². The van der Waals surface area contributed by atoms with E-state index in [1.165, 1.54) is 27.8 Å². The van der Waals surface area contributed by atoms with Crippen molar-refractivity contribution in [3.8, 4) is 22.8 Å². The van der Waals surface area contributed by atoms with Gasteiger partial charge >= 0.3 is 13.2 Å². The summed E-state index contributed by atoms with van der Waals surface area (Å²) in [4.78, 5) is 17.2. The highest BCUT2D eigenvalue weighted by Gasteiger charge is 2.23. The van der Waals surface area contributed by atoms with E-state index in [4.69, 9.17) is 0 Å². The summed E-state index contributed by atoms with van der Waals surface area (Å²) >= 11 is 0. The first-order valence-electron chi connectivity index (χ1n) is 10.3. The molecule has 1 amide bonds. The van der Waals surface area contributed by atoms with Gasteiger partial charge in [0, 0.05) is 18.6 Å². The van der Waals surface area contributed by atoms with Gasteiger partial charge in [-0.2, -0.15) is 33.0 Å². The molecule has 190 valence electrons. The molecule has 0 aliphatic heterocycles. The highest BCUT2D eigenvalue weighted by Crippen LogP contribution is 2.38. The zero-order valence-electron chi connectivity index (χ0n) is 18.3. The van der Waals surface area contributed by atoms with Crippen LogP contribution in [0.4, 0.5) is 23.2 Å². The first-order chi connectivity index (χ1) is 17.9. The molecule has 13 nitrogen and oxygen atoms in total. The van der Waals surface area contributed by atoms with E-state index in [0.29, 0.717) is 0 Å². The minimum Gasteiger partial charge on any atom is -0.435 e. The summed E-state index contributed by atoms with van der Waals surface area (Å²) in [5, 5.41) is 24.4. The van der Waals surface area contributed by atoms with Gasteiger partial charge in [-0.15, -0.1) is 10.2 Å². The molecule has 0 atom stereocenters. The molecule has 0 fully saturated rings. The summed E-state index contributed by atoms with van der Waals surface area (Å²) in [6.45, 7) is -6.44. The number of benzene rings is 1. The number of aromatic nitrogens is 9. The Balaban J connectivity index is 1.58. The van der Waals surface area contributed by atoms with Crippen LogP contribution in [0, 0.1) is 0 Å². The third-order valence-electron chi connectivity index (χ3n) is 4.87. The molecule has 37 heavy (non-hydrogen) atoms. The highest BCUT2D eigenvalue weighted by atomic mass is 19.3. The molecule has 0 saturated heterocycles. The van der Waals surface area contributed by atoms with Crippen molar-refractivity contribution in [3.05, 3.63) is 60.4 Å². The highest BCUT2D eigenvalue weighted by molar-refractivity contribution is 6.09. The van der Waals surface area contributed by atoms with Crippen molar-refractivity contribution < 1.29 is 31.8 Å². The number of anilines is 1. The Morgan fingerprint density at radius 3 is 2.76 bits per heavy atom. The molecule has 0 aliphatic rings. The smallest absolute Gasteiger partial charge is 0.387 e. The first-order valence-corrected chi connectivity index (χ1v) is 10.3. The van der Waals surface area contributed by atoms with Gasteiger partial charge in [0.15, 0.2) is 11.5 Å². The fourth-order valence-electron chi connectivity index (χ4n) is 3.43. The maximum Gasteiger partial charge on any atom is 0.387 e. The number of hydrogen-bond donors (Lipinski definition) is 2. The van der Waals surface area contributed by atoms with Gasteiger partial charge in [0.25, 0.3) is 5.91 Å². The number of amides is 1. The van der Waals surface area contributed by atoms with Crippen LogP contribution in [0.3, 0.4) is 0 Å². The second kappa shape index (κ2) is 9.88. The molecule has 0 aliphatic carbocycles. The minimum atomic E-state index is -3.23. The van der Waals surface area contributed by atoms with Crippen LogP contribution in [-0.4, -0.2) is 64.1 Å². The normalized spacial score (nSPS) is 11.4. The zero-order valence-corrected chi connectivity index (χ0v) is 18.3. The Morgan fingerprint density at radius 1 is 1.16 bits per heavy atom. The van der Waals surface area contributed by atoms with Crippen molar-refractivity contribution in [2.45, 2.75) is 19.8 Å². The predicted octanol–water partition coefficient (Wildman–Crippen LogP) is 2.61. The van der Waals surface area contributed by atoms with Crippen molar-refractivity contribution in [3.63, 3.8) is 0 Å². The predicted molar refractivity (Wildman–Crippen MR) is 115 cm³/mol. The van der Waals surface area contributed by atoms with E-state index in [0.717, 1.165) is 18.2 Å².